The van der Waals surface area contributed by atoms with Gasteiger partial charge in [-0.05, 0) is 64.7 Å². The van der Waals surface area contributed by atoms with Crippen molar-refractivity contribution in [1.29, 1.82) is 5.26 Å². The predicted molar refractivity (Wildman–Crippen MR) is 209 cm³/mol. The molecule has 0 aromatic heterocycles. The molecular weight excluding hydrogens is 718 g/mol. The van der Waals surface area contributed by atoms with Crippen LogP contribution in [0.5, 0.6) is 0 Å². The van der Waals surface area contributed by atoms with Crippen LogP contribution in [0.4, 0.5) is 18.9 Å². The Balaban J connectivity index is 1.24. The average Bonchev–Trinajstić information content (AvgIpc) is 3.22. The molecule has 4 aromatic carbocycles. The number of benzene rings is 4. The molecule has 4 aromatic rings. The molecule has 2 saturated heterocycles. The van der Waals surface area contributed by atoms with Gasteiger partial charge in [-0.25, -0.2) is 0 Å². The van der Waals surface area contributed by atoms with Gasteiger partial charge in [0.05, 0.1) is 17.2 Å². The van der Waals surface area contributed by atoms with Crippen molar-refractivity contribution >= 4 is 29.5 Å². The minimum Gasteiger partial charge on any atom is -0.368 e. The third-order valence-corrected chi connectivity index (χ3v) is 10.4. The quantitative estimate of drug-likeness (QED) is 0.168. The van der Waals surface area contributed by atoms with E-state index in [1.807, 2.05) is 76.5 Å². The predicted octanol–water partition coefficient (Wildman–Crippen LogP) is 6.24. The van der Waals surface area contributed by atoms with E-state index >= 15 is 0 Å². The second-order valence-electron chi connectivity index (χ2n) is 14.2. The van der Waals surface area contributed by atoms with Crippen LogP contribution in [-0.4, -0.2) is 95.7 Å². The highest BCUT2D eigenvalue weighted by molar-refractivity contribution is 5.96. The molecule has 12 heteroatoms. The Kier molecular flexibility index (Phi) is 12.9. The van der Waals surface area contributed by atoms with Gasteiger partial charge in [0.2, 0.25) is 17.7 Å². The normalized spacial score (nSPS) is 15.7. The summed E-state index contributed by atoms with van der Waals surface area (Å²) in [5, 5.41) is 9.15. The van der Waals surface area contributed by atoms with Gasteiger partial charge < -0.3 is 19.6 Å². The molecule has 2 aliphatic rings. The van der Waals surface area contributed by atoms with Gasteiger partial charge in [-0.3, -0.25) is 19.3 Å². The summed E-state index contributed by atoms with van der Waals surface area (Å²) in [7, 11) is 0. The number of nitrogens with zero attached hydrogens (tertiary/aromatic N) is 6. The summed E-state index contributed by atoms with van der Waals surface area (Å²) >= 11 is 0. The van der Waals surface area contributed by atoms with Gasteiger partial charge in [-0.15, -0.1) is 0 Å². The van der Waals surface area contributed by atoms with Crippen LogP contribution in [-0.2, 0) is 40.1 Å². The molecule has 9 nitrogen and oxygen atoms in total. The lowest BCUT2D eigenvalue weighted by molar-refractivity contribution is -0.145. The third-order valence-electron chi connectivity index (χ3n) is 10.4. The largest absolute Gasteiger partial charge is 0.416 e. The fourth-order valence-corrected chi connectivity index (χ4v) is 7.12. The van der Waals surface area contributed by atoms with Crippen LogP contribution in [0.15, 0.2) is 109 Å². The molecule has 290 valence electrons. The number of halogens is 3. The topological polar surface area (TPSA) is 91.2 Å². The van der Waals surface area contributed by atoms with Crippen molar-refractivity contribution in [3.8, 4) is 6.07 Å². The van der Waals surface area contributed by atoms with Gasteiger partial charge in [-0.1, -0.05) is 66.7 Å². The van der Waals surface area contributed by atoms with Gasteiger partial charge in [0.25, 0.3) is 0 Å². The van der Waals surface area contributed by atoms with Crippen molar-refractivity contribution in [3.63, 3.8) is 0 Å². The number of amides is 3. The molecular formula is C44H45F3N6O3. The first-order valence-electron chi connectivity index (χ1n) is 18.8. The fraction of sp³-hybridized carbons (Fsp3) is 0.318. The first-order chi connectivity index (χ1) is 27.0. The lowest BCUT2D eigenvalue weighted by Crippen LogP contribution is -2.56. The minimum atomic E-state index is -4.48. The van der Waals surface area contributed by atoms with E-state index in [4.69, 9.17) is 5.26 Å². The number of hydrogen-bond donors (Lipinski definition) is 0. The molecule has 56 heavy (non-hydrogen) atoms. The Bertz CT molecular complexity index is 2010. The standard InChI is InChI=1S/C44H45F3N6O3/c1-33(54)50-25-27-51(28-26-50)40-18-13-38(14-19-40)32-53(42(55)20-15-34-11-16-39(17-12-34)44(45,46)47)41(29-35-5-3-2-4-6-35)43(56)52-23-21-49(22-24-52)31-37-9-7-36(30-48)8-10-37/h2-20,41H,21-29,31-32H2,1H3. The molecule has 2 heterocycles. The summed E-state index contributed by atoms with van der Waals surface area (Å²) in [6.07, 6.45) is -1.41. The van der Waals surface area contributed by atoms with Gasteiger partial charge in [-0.2, -0.15) is 18.4 Å². The summed E-state index contributed by atoms with van der Waals surface area (Å²) in [6.45, 7) is 7.26. The molecule has 1 unspecified atom stereocenters. The maximum atomic E-state index is 14.6. The van der Waals surface area contributed by atoms with E-state index in [1.54, 1.807) is 24.0 Å². The smallest absolute Gasteiger partial charge is 0.368 e. The Morgan fingerprint density at radius 2 is 1.36 bits per heavy atom. The minimum absolute atomic E-state index is 0.0571. The summed E-state index contributed by atoms with van der Waals surface area (Å²) in [5.41, 5.74) is 4.00. The summed E-state index contributed by atoms with van der Waals surface area (Å²) < 4.78 is 39.7. The zero-order valence-electron chi connectivity index (χ0n) is 31.4. The molecule has 2 aliphatic heterocycles. The number of hydrogen-bond acceptors (Lipinski definition) is 6. The van der Waals surface area contributed by atoms with E-state index in [0.29, 0.717) is 70.0 Å². The van der Waals surface area contributed by atoms with Crippen molar-refractivity contribution in [1.82, 2.24) is 19.6 Å². The molecule has 3 amide bonds. The van der Waals surface area contributed by atoms with Crippen LogP contribution in [0.25, 0.3) is 6.08 Å². The molecule has 1 atom stereocenters. The number of carbonyl (C=O) groups excluding carboxylic acids is 3. The molecule has 0 aliphatic carbocycles. The highest BCUT2D eigenvalue weighted by atomic mass is 19.4. The molecule has 2 fully saturated rings. The third kappa shape index (κ3) is 10.4. The SMILES string of the molecule is CC(=O)N1CCN(c2ccc(CN(C(=O)C=Cc3ccc(C(F)(F)F)cc3)C(Cc3ccccc3)C(=O)N3CCN(Cc4ccc(C#N)cc4)CC3)cc2)CC1. The van der Waals surface area contributed by atoms with Crippen molar-refractivity contribution in [3.05, 3.63) is 143 Å². The highest BCUT2D eigenvalue weighted by Gasteiger charge is 2.34. The Morgan fingerprint density at radius 3 is 1.95 bits per heavy atom. The molecule has 0 spiro atoms. The zero-order chi connectivity index (χ0) is 39.7. The second-order valence-corrected chi connectivity index (χ2v) is 14.2. The van der Waals surface area contributed by atoms with Crippen LogP contribution >= 0.6 is 0 Å². The van der Waals surface area contributed by atoms with E-state index < -0.39 is 23.7 Å². The van der Waals surface area contributed by atoms with E-state index in [1.165, 1.54) is 24.3 Å². The Hall–Kier alpha value is -5.93. The summed E-state index contributed by atoms with van der Waals surface area (Å²) in [5.74, 6) is -0.562. The van der Waals surface area contributed by atoms with Crippen LogP contribution in [0, 0.1) is 11.3 Å². The average molecular weight is 763 g/mol. The van der Waals surface area contributed by atoms with Crippen LogP contribution in [0.1, 0.15) is 40.3 Å². The van der Waals surface area contributed by atoms with E-state index in [9.17, 15) is 27.6 Å². The molecule has 0 N–H and O–H groups in total. The molecule has 6 rings (SSSR count). The van der Waals surface area contributed by atoms with Crippen LogP contribution < -0.4 is 4.90 Å². The van der Waals surface area contributed by atoms with Gasteiger partial charge in [0, 0.05) is 90.6 Å². The number of alkyl halides is 3. The summed E-state index contributed by atoms with van der Waals surface area (Å²) in [4.78, 5) is 50.4. The zero-order valence-corrected chi connectivity index (χ0v) is 31.4. The van der Waals surface area contributed by atoms with Crippen molar-refractivity contribution in [2.24, 2.45) is 0 Å². The fourth-order valence-electron chi connectivity index (χ4n) is 7.12. The van der Waals surface area contributed by atoms with Crippen LogP contribution in [0.3, 0.4) is 0 Å². The maximum Gasteiger partial charge on any atom is 0.416 e. The van der Waals surface area contributed by atoms with E-state index in [2.05, 4.69) is 15.9 Å². The van der Waals surface area contributed by atoms with Crippen LogP contribution in [0.2, 0.25) is 0 Å². The lowest BCUT2D eigenvalue weighted by atomic mass is 10.0. The van der Waals surface area contributed by atoms with E-state index in [-0.39, 0.29) is 24.8 Å². The number of piperazine rings is 2. The summed E-state index contributed by atoms with van der Waals surface area (Å²) in [6, 6.07) is 30.7. The Morgan fingerprint density at radius 1 is 0.750 bits per heavy atom. The Labute approximate surface area is 325 Å². The van der Waals surface area contributed by atoms with Gasteiger partial charge >= 0.3 is 6.18 Å². The number of anilines is 1. The van der Waals surface area contributed by atoms with E-state index in [0.717, 1.165) is 34.5 Å². The highest BCUT2D eigenvalue weighted by Crippen LogP contribution is 2.29. The van der Waals surface area contributed by atoms with Crippen molar-refractivity contribution in [2.75, 3.05) is 57.3 Å². The lowest BCUT2D eigenvalue weighted by Gasteiger charge is -2.39. The number of carbonyl (C=O) groups is 3. The second kappa shape index (κ2) is 18.1. The molecule has 0 saturated carbocycles. The number of rotatable bonds is 11. The molecule has 0 radical (unpaired) electrons. The monoisotopic (exact) mass is 762 g/mol. The van der Waals surface area contributed by atoms with Crippen molar-refractivity contribution in [2.45, 2.75) is 38.7 Å². The van der Waals surface area contributed by atoms with Gasteiger partial charge in [0.15, 0.2) is 0 Å². The molecule has 0 bridgehead atoms. The first kappa shape index (κ1) is 39.8. The van der Waals surface area contributed by atoms with Gasteiger partial charge in [0.1, 0.15) is 6.04 Å². The maximum absolute atomic E-state index is 14.6. The first-order valence-corrected chi connectivity index (χ1v) is 18.8. The number of nitriles is 1. The van der Waals surface area contributed by atoms with Crippen molar-refractivity contribution < 1.29 is 27.6 Å².